The highest BCUT2D eigenvalue weighted by Crippen LogP contribution is 2.41. The summed E-state index contributed by atoms with van der Waals surface area (Å²) in [5.41, 5.74) is 9.34. The Morgan fingerprint density at radius 2 is 2.03 bits per heavy atom. The van der Waals surface area contributed by atoms with Gasteiger partial charge in [0.2, 0.25) is 0 Å². The van der Waals surface area contributed by atoms with Crippen LogP contribution in [0.3, 0.4) is 0 Å². The van der Waals surface area contributed by atoms with Crippen LogP contribution in [0.15, 0.2) is 47.5 Å². The van der Waals surface area contributed by atoms with E-state index in [2.05, 4.69) is 12.1 Å². The molecule has 3 N–H and O–H groups in total. The molecule has 0 fully saturated rings. The fourth-order valence-electron chi connectivity index (χ4n) is 3.59. The van der Waals surface area contributed by atoms with E-state index in [1.807, 2.05) is 30.3 Å². The van der Waals surface area contributed by atoms with E-state index in [1.165, 1.54) is 0 Å². The van der Waals surface area contributed by atoms with Gasteiger partial charge < -0.3 is 15.2 Å². The predicted molar refractivity (Wildman–Crippen MR) is 119 cm³/mol. The molecule has 2 aromatic rings. The molecule has 2 unspecified atom stereocenters. The van der Waals surface area contributed by atoms with Gasteiger partial charge in [-0.3, -0.25) is 10.4 Å². The molecule has 2 aromatic carbocycles. The number of benzene rings is 2. The number of nitrogens with one attached hydrogen (secondary N) is 1. The minimum absolute atomic E-state index is 0.000632. The van der Waals surface area contributed by atoms with Crippen LogP contribution in [0, 0.1) is 5.41 Å². The molecule has 2 atom stereocenters. The summed E-state index contributed by atoms with van der Waals surface area (Å²) in [4.78, 5) is 4.76. The Hall–Kier alpha value is -2.37. The summed E-state index contributed by atoms with van der Waals surface area (Å²) in [5.74, 6) is 0.851. The topological polar surface area (TPSA) is 80.7 Å². The van der Waals surface area contributed by atoms with Crippen LogP contribution in [-0.2, 0) is 4.74 Å². The lowest BCUT2D eigenvalue weighted by molar-refractivity contribution is 0.139. The SMILES string of the molecule is COCCCCC1CC(/N=C(/C)C(=N)N)c2cc(-c3cccc(Cl)c3)ccc2O1. The number of unbranched alkanes of at least 4 members (excludes halogenated alkanes) is 1. The smallest absolute Gasteiger partial charge is 0.136 e. The van der Waals surface area contributed by atoms with Gasteiger partial charge in [-0.1, -0.05) is 29.8 Å². The summed E-state index contributed by atoms with van der Waals surface area (Å²) in [5, 5.41) is 8.40. The highest BCUT2D eigenvalue weighted by Gasteiger charge is 2.28. The van der Waals surface area contributed by atoms with Crippen molar-refractivity contribution in [1.29, 1.82) is 5.41 Å². The molecule has 0 aromatic heterocycles. The van der Waals surface area contributed by atoms with Crippen LogP contribution in [0.2, 0.25) is 5.02 Å². The standard InChI is InChI=1S/C23H28ClN3O2/c1-15(23(25)26)27-21-14-19(8-3-4-11-28-2)29-22-10-9-17(13-20(21)22)16-6-5-7-18(24)12-16/h5-7,9-10,12-13,19,21H,3-4,8,11,14H2,1-2H3,(H3,25,26)/b27-15-. The maximum absolute atomic E-state index is 7.70. The fourth-order valence-corrected chi connectivity index (χ4v) is 3.78. The van der Waals surface area contributed by atoms with Crippen LogP contribution in [0.5, 0.6) is 5.75 Å². The zero-order chi connectivity index (χ0) is 20.8. The number of aliphatic imine (C=N–C) groups is 1. The summed E-state index contributed by atoms with van der Waals surface area (Å²) >= 11 is 6.17. The van der Waals surface area contributed by atoms with E-state index < -0.39 is 0 Å². The summed E-state index contributed by atoms with van der Waals surface area (Å²) < 4.78 is 11.4. The van der Waals surface area contributed by atoms with Crippen LogP contribution >= 0.6 is 11.6 Å². The first-order valence-electron chi connectivity index (χ1n) is 9.92. The molecule has 0 saturated carbocycles. The zero-order valence-corrected chi connectivity index (χ0v) is 17.7. The molecule has 0 aliphatic carbocycles. The van der Waals surface area contributed by atoms with Crippen molar-refractivity contribution >= 4 is 23.1 Å². The third-order valence-electron chi connectivity index (χ3n) is 5.17. The number of nitrogens with two attached hydrogens (primary N) is 1. The van der Waals surface area contributed by atoms with E-state index in [1.54, 1.807) is 14.0 Å². The van der Waals surface area contributed by atoms with Gasteiger partial charge in [0.05, 0.1) is 11.8 Å². The second kappa shape index (κ2) is 9.90. The predicted octanol–water partition coefficient (Wildman–Crippen LogP) is 5.41. The molecule has 5 nitrogen and oxygen atoms in total. The van der Waals surface area contributed by atoms with Crippen molar-refractivity contribution in [3.05, 3.63) is 53.1 Å². The van der Waals surface area contributed by atoms with Crippen molar-refractivity contribution in [2.75, 3.05) is 13.7 Å². The van der Waals surface area contributed by atoms with E-state index in [0.717, 1.165) is 54.7 Å². The molecule has 0 spiro atoms. The number of hydrogen-bond donors (Lipinski definition) is 2. The molecular weight excluding hydrogens is 386 g/mol. The normalized spacial score (nSPS) is 18.8. The highest BCUT2D eigenvalue weighted by atomic mass is 35.5. The van der Waals surface area contributed by atoms with E-state index in [4.69, 9.17) is 37.2 Å². The fraction of sp³-hybridized carbons (Fsp3) is 0.391. The monoisotopic (exact) mass is 413 g/mol. The first-order valence-corrected chi connectivity index (χ1v) is 10.3. The largest absolute Gasteiger partial charge is 0.490 e. The highest BCUT2D eigenvalue weighted by molar-refractivity contribution is 6.38. The summed E-state index contributed by atoms with van der Waals surface area (Å²) in [6.07, 6.45) is 3.85. The van der Waals surface area contributed by atoms with Crippen molar-refractivity contribution in [3.8, 4) is 16.9 Å². The van der Waals surface area contributed by atoms with Gasteiger partial charge >= 0.3 is 0 Å². The summed E-state index contributed by atoms with van der Waals surface area (Å²) in [7, 11) is 1.72. The maximum Gasteiger partial charge on any atom is 0.136 e. The second-order valence-electron chi connectivity index (χ2n) is 7.37. The first-order chi connectivity index (χ1) is 14.0. The van der Waals surface area contributed by atoms with Gasteiger partial charge in [-0.15, -0.1) is 0 Å². The lowest BCUT2D eigenvalue weighted by Crippen LogP contribution is -2.27. The molecule has 6 heteroatoms. The molecule has 3 rings (SSSR count). The number of halogens is 1. The molecule has 0 radical (unpaired) electrons. The van der Waals surface area contributed by atoms with Gasteiger partial charge in [0.1, 0.15) is 17.7 Å². The van der Waals surface area contributed by atoms with Crippen LogP contribution in [-0.4, -0.2) is 31.4 Å². The van der Waals surface area contributed by atoms with Gasteiger partial charge in [0.15, 0.2) is 0 Å². The van der Waals surface area contributed by atoms with Crippen molar-refractivity contribution in [3.63, 3.8) is 0 Å². The third kappa shape index (κ3) is 5.58. The number of methoxy groups -OCH3 is 1. The summed E-state index contributed by atoms with van der Waals surface area (Å²) in [6, 6.07) is 13.9. The molecule has 1 aliphatic rings. The van der Waals surface area contributed by atoms with Crippen LogP contribution < -0.4 is 10.5 Å². The van der Waals surface area contributed by atoms with E-state index in [9.17, 15) is 0 Å². The number of ether oxygens (including phenoxy) is 2. The molecule has 1 heterocycles. The second-order valence-corrected chi connectivity index (χ2v) is 7.81. The number of hydrogen-bond acceptors (Lipinski definition) is 4. The molecule has 1 aliphatic heterocycles. The number of fused-ring (bicyclic) bond motifs is 1. The van der Waals surface area contributed by atoms with Gasteiger partial charge in [0, 0.05) is 30.7 Å². The average Bonchev–Trinajstić information content (AvgIpc) is 2.71. The molecular formula is C23H28ClN3O2. The Balaban J connectivity index is 1.90. The minimum atomic E-state index is -0.0887. The molecule has 0 saturated heterocycles. The maximum atomic E-state index is 7.70. The lowest BCUT2D eigenvalue weighted by Gasteiger charge is -2.31. The van der Waals surface area contributed by atoms with Gasteiger partial charge in [-0.05, 0) is 61.6 Å². The quantitative estimate of drug-likeness (QED) is 0.344. The molecule has 29 heavy (non-hydrogen) atoms. The Bertz CT molecular complexity index is 897. The van der Waals surface area contributed by atoms with Crippen LogP contribution in [0.4, 0.5) is 0 Å². The lowest BCUT2D eigenvalue weighted by atomic mass is 9.91. The first kappa shape index (κ1) is 21.3. The Kier molecular flexibility index (Phi) is 7.29. The minimum Gasteiger partial charge on any atom is -0.490 e. The average molecular weight is 414 g/mol. The Labute approximate surface area is 177 Å². The third-order valence-corrected chi connectivity index (χ3v) is 5.41. The number of rotatable bonds is 8. The molecule has 0 bridgehead atoms. The van der Waals surface area contributed by atoms with Crippen molar-refractivity contribution < 1.29 is 9.47 Å². The number of nitrogens with zero attached hydrogens (tertiary/aromatic N) is 1. The molecule has 0 amide bonds. The Morgan fingerprint density at radius 3 is 2.76 bits per heavy atom. The number of amidine groups is 1. The van der Waals surface area contributed by atoms with Gasteiger partial charge in [0.25, 0.3) is 0 Å². The van der Waals surface area contributed by atoms with Crippen LogP contribution in [0.25, 0.3) is 11.1 Å². The van der Waals surface area contributed by atoms with Crippen molar-refractivity contribution in [2.45, 2.75) is 44.8 Å². The van der Waals surface area contributed by atoms with E-state index >= 15 is 0 Å². The van der Waals surface area contributed by atoms with Gasteiger partial charge in [-0.2, -0.15) is 0 Å². The van der Waals surface area contributed by atoms with E-state index in [0.29, 0.717) is 10.7 Å². The summed E-state index contributed by atoms with van der Waals surface area (Å²) in [6.45, 7) is 2.54. The van der Waals surface area contributed by atoms with Gasteiger partial charge in [-0.25, -0.2) is 0 Å². The van der Waals surface area contributed by atoms with E-state index in [-0.39, 0.29) is 18.0 Å². The van der Waals surface area contributed by atoms with Crippen molar-refractivity contribution in [1.82, 2.24) is 0 Å². The van der Waals surface area contributed by atoms with Crippen LogP contribution in [0.1, 0.15) is 44.2 Å². The zero-order valence-electron chi connectivity index (χ0n) is 17.0. The Morgan fingerprint density at radius 1 is 1.24 bits per heavy atom. The molecule has 154 valence electrons. The van der Waals surface area contributed by atoms with Crippen molar-refractivity contribution in [2.24, 2.45) is 10.7 Å².